The fourth-order valence-corrected chi connectivity index (χ4v) is 9.86. The number of hydrogen-bond acceptors (Lipinski definition) is 6. The van der Waals surface area contributed by atoms with E-state index in [1.54, 1.807) is 7.11 Å². The molecule has 4 rings (SSSR count). The summed E-state index contributed by atoms with van der Waals surface area (Å²) in [6.07, 6.45) is 11.8. The summed E-state index contributed by atoms with van der Waals surface area (Å²) in [7, 11) is 1.64. The summed E-state index contributed by atoms with van der Waals surface area (Å²) in [6, 6.07) is 0. The number of ether oxygens (including phenoxy) is 4. The predicted octanol–water partition coefficient (Wildman–Crippen LogP) is 6.13. The Morgan fingerprint density at radius 3 is 2.33 bits per heavy atom. The number of carboxylic acid groups (broad SMARTS) is 1. The van der Waals surface area contributed by atoms with E-state index < -0.39 is 11.6 Å². The van der Waals surface area contributed by atoms with Gasteiger partial charge in [0.15, 0.2) is 0 Å². The van der Waals surface area contributed by atoms with Gasteiger partial charge in [0.25, 0.3) is 0 Å². The number of rotatable bonds is 13. The van der Waals surface area contributed by atoms with Crippen LogP contribution in [0.2, 0.25) is 0 Å². The monoisotopic (exact) mass is 550 g/mol. The Labute approximate surface area is 236 Å². The van der Waals surface area contributed by atoms with Gasteiger partial charge < -0.3 is 24.1 Å². The predicted molar refractivity (Wildman–Crippen MR) is 149 cm³/mol. The van der Waals surface area contributed by atoms with Crippen molar-refractivity contribution in [1.29, 1.82) is 0 Å². The van der Waals surface area contributed by atoms with E-state index in [2.05, 4.69) is 27.7 Å². The number of carbonyl (C=O) groups is 2. The van der Waals surface area contributed by atoms with E-state index in [0.29, 0.717) is 61.4 Å². The van der Waals surface area contributed by atoms with Crippen LogP contribution in [0.5, 0.6) is 0 Å². The molecule has 0 aliphatic heterocycles. The number of aliphatic carboxylic acids is 1. The summed E-state index contributed by atoms with van der Waals surface area (Å²) < 4.78 is 21.9. The van der Waals surface area contributed by atoms with Gasteiger partial charge in [-0.2, -0.15) is 0 Å². The molecule has 7 heteroatoms. The Hall–Kier alpha value is -1.18. The second kappa shape index (κ2) is 12.8. The maximum atomic E-state index is 12.6. The number of fused-ring (bicyclic) bond motifs is 5. The highest BCUT2D eigenvalue weighted by Gasteiger charge is 2.61. The maximum absolute atomic E-state index is 12.6. The number of esters is 1. The third-order valence-corrected chi connectivity index (χ3v) is 11.9. The molecule has 4 fully saturated rings. The van der Waals surface area contributed by atoms with Gasteiger partial charge in [0.2, 0.25) is 0 Å². The fourth-order valence-electron chi connectivity index (χ4n) is 9.86. The Morgan fingerprint density at radius 1 is 0.872 bits per heavy atom. The standard InChI is InChI=1S/C32H54O7/c1-22(6-11-28(33)34)25-9-10-26-24-8-7-23-20-30(2,39-29(35)21-38-19-18-37-17-16-36-5)14-15-31(23,3)27(24)12-13-32(25,26)4/h22-27H,6-21H2,1-5H3,(H,33,34)/t22-,23?,24+,25-,26+,27+,30+,31+,32-/m1/s1. The highest BCUT2D eigenvalue weighted by atomic mass is 16.6. The Bertz CT molecular complexity index is 846. The third kappa shape index (κ3) is 6.67. The normalized spacial score (nSPS) is 40.3. The molecule has 7 nitrogen and oxygen atoms in total. The van der Waals surface area contributed by atoms with Crippen LogP contribution in [0.25, 0.3) is 0 Å². The molecule has 1 unspecified atom stereocenters. The summed E-state index contributed by atoms with van der Waals surface area (Å²) >= 11 is 0. The van der Waals surface area contributed by atoms with Gasteiger partial charge in [-0.15, -0.1) is 0 Å². The Balaban J connectivity index is 1.30. The molecule has 39 heavy (non-hydrogen) atoms. The summed E-state index contributed by atoms with van der Waals surface area (Å²) in [5, 5.41) is 9.22. The number of hydrogen-bond donors (Lipinski definition) is 1. The Kier molecular flexibility index (Phi) is 10.1. The van der Waals surface area contributed by atoms with Crippen LogP contribution < -0.4 is 0 Å². The lowest BCUT2D eigenvalue weighted by atomic mass is 9.43. The largest absolute Gasteiger partial charge is 0.481 e. The van der Waals surface area contributed by atoms with E-state index >= 15 is 0 Å². The van der Waals surface area contributed by atoms with Crippen molar-refractivity contribution in [3.05, 3.63) is 0 Å². The van der Waals surface area contributed by atoms with Gasteiger partial charge in [-0.05, 0) is 117 Å². The van der Waals surface area contributed by atoms with Gasteiger partial charge in [-0.3, -0.25) is 4.79 Å². The minimum absolute atomic E-state index is 0.0256. The SMILES string of the molecule is COCCOCCOCC(=O)O[C@@]1(C)CC[C@@]2(C)C(CC[C@H]3[C@@H]4CC[C@H]([C@H](C)CCC(=O)O)[C@@]4(C)CC[C@@H]32)C1. The molecule has 4 aliphatic rings. The lowest BCUT2D eigenvalue weighted by Crippen LogP contribution is -2.56. The first kappa shape index (κ1) is 30.8. The molecule has 0 amide bonds. The van der Waals surface area contributed by atoms with Crippen LogP contribution in [0, 0.1) is 46.3 Å². The van der Waals surface area contributed by atoms with Gasteiger partial charge >= 0.3 is 11.9 Å². The molecule has 0 aromatic rings. The highest BCUT2D eigenvalue weighted by molar-refractivity contribution is 5.71. The minimum Gasteiger partial charge on any atom is -0.481 e. The van der Waals surface area contributed by atoms with Crippen LogP contribution in [0.4, 0.5) is 0 Å². The van der Waals surface area contributed by atoms with Crippen molar-refractivity contribution in [2.45, 2.75) is 104 Å². The number of methoxy groups -OCH3 is 1. The summed E-state index contributed by atoms with van der Waals surface area (Å²) in [4.78, 5) is 23.8. The van der Waals surface area contributed by atoms with Crippen LogP contribution in [-0.4, -0.2) is 62.8 Å². The highest BCUT2D eigenvalue weighted by Crippen LogP contribution is 2.69. The average molecular weight is 551 g/mol. The van der Waals surface area contributed by atoms with Crippen LogP contribution >= 0.6 is 0 Å². The first-order valence-electron chi connectivity index (χ1n) is 15.6. The smallest absolute Gasteiger partial charge is 0.332 e. The van der Waals surface area contributed by atoms with Crippen molar-refractivity contribution in [1.82, 2.24) is 0 Å². The zero-order valence-corrected chi connectivity index (χ0v) is 25.2. The molecule has 224 valence electrons. The molecule has 0 radical (unpaired) electrons. The van der Waals surface area contributed by atoms with Crippen LogP contribution in [-0.2, 0) is 28.5 Å². The number of carboxylic acids is 1. The van der Waals surface area contributed by atoms with Gasteiger partial charge in [-0.1, -0.05) is 20.8 Å². The van der Waals surface area contributed by atoms with E-state index in [4.69, 9.17) is 18.9 Å². The molecule has 1 N–H and O–H groups in total. The van der Waals surface area contributed by atoms with Gasteiger partial charge in [-0.25, -0.2) is 4.79 Å². The van der Waals surface area contributed by atoms with E-state index in [0.717, 1.165) is 43.4 Å². The summed E-state index contributed by atoms with van der Waals surface area (Å²) in [5.74, 6) is 3.11. The molecule has 4 aliphatic carbocycles. The quantitative estimate of drug-likeness (QED) is 0.218. The molecule has 0 aromatic carbocycles. The van der Waals surface area contributed by atoms with Crippen molar-refractivity contribution in [2.75, 3.05) is 40.1 Å². The number of carbonyl (C=O) groups excluding carboxylic acids is 1. The first-order chi connectivity index (χ1) is 18.5. The van der Waals surface area contributed by atoms with E-state index in [1.807, 2.05) is 0 Å². The second-order valence-corrected chi connectivity index (χ2v) is 14.1. The maximum Gasteiger partial charge on any atom is 0.332 e. The zero-order valence-electron chi connectivity index (χ0n) is 25.2. The van der Waals surface area contributed by atoms with E-state index in [-0.39, 0.29) is 12.6 Å². The molecule has 0 bridgehead atoms. The van der Waals surface area contributed by atoms with E-state index in [1.165, 1.54) is 38.5 Å². The van der Waals surface area contributed by atoms with Gasteiger partial charge in [0, 0.05) is 13.5 Å². The van der Waals surface area contributed by atoms with Crippen LogP contribution in [0.15, 0.2) is 0 Å². The molecule has 0 spiro atoms. The molecule has 9 atom stereocenters. The lowest BCUT2D eigenvalue weighted by molar-refractivity contribution is -0.185. The van der Waals surface area contributed by atoms with Crippen molar-refractivity contribution in [3.63, 3.8) is 0 Å². The van der Waals surface area contributed by atoms with Crippen molar-refractivity contribution >= 4 is 11.9 Å². The molecule has 0 saturated heterocycles. The van der Waals surface area contributed by atoms with E-state index in [9.17, 15) is 14.7 Å². The lowest BCUT2D eigenvalue weighted by Gasteiger charge is -2.62. The van der Waals surface area contributed by atoms with Crippen LogP contribution in [0.1, 0.15) is 98.3 Å². The molecule has 0 aromatic heterocycles. The fraction of sp³-hybridized carbons (Fsp3) is 0.938. The van der Waals surface area contributed by atoms with Crippen molar-refractivity contribution in [2.24, 2.45) is 46.3 Å². The van der Waals surface area contributed by atoms with Gasteiger partial charge in [0.1, 0.15) is 12.2 Å². The molecular weight excluding hydrogens is 496 g/mol. The molecule has 4 saturated carbocycles. The average Bonchev–Trinajstić information content (AvgIpc) is 3.24. The van der Waals surface area contributed by atoms with Crippen molar-refractivity contribution < 1.29 is 33.6 Å². The topological polar surface area (TPSA) is 91.3 Å². The van der Waals surface area contributed by atoms with Crippen molar-refractivity contribution in [3.8, 4) is 0 Å². The third-order valence-electron chi connectivity index (χ3n) is 11.9. The summed E-state index contributed by atoms with van der Waals surface area (Å²) in [6.45, 7) is 11.4. The Morgan fingerprint density at radius 2 is 1.59 bits per heavy atom. The first-order valence-corrected chi connectivity index (χ1v) is 15.6. The molecule has 0 heterocycles. The zero-order chi connectivity index (χ0) is 28.3. The minimum atomic E-state index is -0.665. The molecular formula is C32H54O7. The summed E-state index contributed by atoms with van der Waals surface area (Å²) in [5.41, 5.74) is 0.267. The van der Waals surface area contributed by atoms with Gasteiger partial charge in [0.05, 0.1) is 26.4 Å². The second-order valence-electron chi connectivity index (χ2n) is 14.1. The van der Waals surface area contributed by atoms with Crippen LogP contribution in [0.3, 0.4) is 0 Å².